The van der Waals surface area contributed by atoms with Crippen LogP contribution in [0.15, 0.2) is 11.6 Å². The Balaban J connectivity index is 1.65. The van der Waals surface area contributed by atoms with E-state index in [4.69, 9.17) is 4.74 Å². The number of fused-ring (bicyclic) bond motifs is 5. The van der Waals surface area contributed by atoms with Crippen molar-refractivity contribution in [1.82, 2.24) is 0 Å². The average Bonchev–Trinajstić information content (AvgIpc) is 2.90. The highest BCUT2D eigenvalue weighted by atomic mass is 16.5. The summed E-state index contributed by atoms with van der Waals surface area (Å²) in [6.45, 7) is 4.00. The van der Waals surface area contributed by atoms with Gasteiger partial charge in [-0.05, 0) is 68.8 Å². The second kappa shape index (κ2) is 5.94. The molecule has 138 valence electrons. The molecule has 25 heavy (non-hydrogen) atoms. The van der Waals surface area contributed by atoms with Gasteiger partial charge >= 0.3 is 5.97 Å². The quantitative estimate of drug-likeness (QED) is 0.778. The molecule has 3 saturated carbocycles. The Morgan fingerprint density at radius 1 is 1.20 bits per heavy atom. The van der Waals surface area contributed by atoms with Gasteiger partial charge in [0.2, 0.25) is 0 Å². The minimum atomic E-state index is -0.169. The first kappa shape index (κ1) is 17.3. The van der Waals surface area contributed by atoms with Crippen LogP contribution >= 0.6 is 0 Å². The molecule has 0 radical (unpaired) electrons. The van der Waals surface area contributed by atoms with E-state index in [1.165, 1.54) is 12.5 Å². The summed E-state index contributed by atoms with van der Waals surface area (Å²) in [6.07, 6.45) is 9.55. The molecule has 0 amide bonds. The van der Waals surface area contributed by atoms with Crippen LogP contribution in [0, 0.1) is 28.6 Å². The fraction of sp³-hybridized carbons (Fsp3) is 0.810. The van der Waals surface area contributed by atoms with Crippen LogP contribution in [0.2, 0.25) is 0 Å². The Hall–Kier alpha value is -1.16. The summed E-state index contributed by atoms with van der Waals surface area (Å²) in [7, 11) is 0. The first-order valence-corrected chi connectivity index (χ1v) is 9.93. The lowest BCUT2D eigenvalue weighted by atomic mass is 9.47. The molecule has 4 aliphatic carbocycles. The van der Waals surface area contributed by atoms with Crippen molar-refractivity contribution in [2.24, 2.45) is 28.6 Å². The van der Waals surface area contributed by atoms with Crippen molar-refractivity contribution in [2.45, 2.75) is 71.3 Å². The molecule has 4 nitrogen and oxygen atoms in total. The number of hydrogen-bond donors (Lipinski definition) is 1. The minimum absolute atomic E-state index is 0.0471. The van der Waals surface area contributed by atoms with Gasteiger partial charge in [0.15, 0.2) is 5.78 Å². The molecule has 0 aromatic rings. The first-order valence-electron chi connectivity index (χ1n) is 9.93. The zero-order valence-corrected chi connectivity index (χ0v) is 15.4. The van der Waals surface area contributed by atoms with Crippen molar-refractivity contribution in [2.75, 3.05) is 6.61 Å². The molecule has 0 aromatic heterocycles. The number of hydrogen-bond acceptors (Lipinski definition) is 4. The second-order valence-electron chi connectivity index (χ2n) is 9.09. The molecule has 0 spiro atoms. The van der Waals surface area contributed by atoms with Crippen LogP contribution in [-0.4, -0.2) is 29.6 Å². The third-order valence-electron chi connectivity index (χ3n) is 8.19. The van der Waals surface area contributed by atoms with E-state index in [2.05, 4.69) is 6.92 Å². The van der Waals surface area contributed by atoms with Gasteiger partial charge in [-0.25, -0.2) is 0 Å². The first-order chi connectivity index (χ1) is 11.9. The maximum absolute atomic E-state index is 11.9. The summed E-state index contributed by atoms with van der Waals surface area (Å²) in [6, 6.07) is 0. The van der Waals surface area contributed by atoms with Gasteiger partial charge < -0.3 is 9.84 Å². The van der Waals surface area contributed by atoms with E-state index in [9.17, 15) is 14.7 Å². The van der Waals surface area contributed by atoms with Crippen LogP contribution in [-0.2, 0) is 14.3 Å². The van der Waals surface area contributed by atoms with Crippen molar-refractivity contribution < 1.29 is 19.4 Å². The lowest BCUT2D eigenvalue weighted by molar-refractivity contribution is -0.158. The molecule has 0 heterocycles. The number of carbonyl (C=O) groups excluding carboxylic acids is 2. The number of rotatable bonds is 2. The fourth-order valence-corrected chi connectivity index (χ4v) is 7.00. The van der Waals surface area contributed by atoms with Gasteiger partial charge in [0, 0.05) is 24.2 Å². The molecule has 4 heteroatoms. The lowest BCUT2D eigenvalue weighted by Crippen LogP contribution is -2.53. The standard InChI is InChI=1S/C21H30O4/c1-13(23)25-19-6-5-17-16-4-3-14-11-15(24)7-10-21(14,12-22)18(16)8-9-20(17,19)2/h11,16-19,22H,3-10,12H2,1-2H3/t16-,17-,18-,19?,20-,21+/m0/s1. The molecule has 4 rings (SSSR count). The highest BCUT2D eigenvalue weighted by molar-refractivity contribution is 5.91. The van der Waals surface area contributed by atoms with Crippen LogP contribution in [0.4, 0.5) is 0 Å². The van der Waals surface area contributed by atoms with Crippen LogP contribution in [0.3, 0.4) is 0 Å². The van der Waals surface area contributed by atoms with Gasteiger partial charge in [-0.2, -0.15) is 0 Å². The molecule has 3 fully saturated rings. The number of aliphatic hydroxyl groups excluding tert-OH is 1. The molecule has 4 aliphatic rings. The zero-order valence-electron chi connectivity index (χ0n) is 15.4. The van der Waals surface area contributed by atoms with Crippen molar-refractivity contribution in [3.63, 3.8) is 0 Å². The Morgan fingerprint density at radius 3 is 2.72 bits per heavy atom. The van der Waals surface area contributed by atoms with Gasteiger partial charge in [0.25, 0.3) is 0 Å². The zero-order chi connectivity index (χ0) is 17.8. The largest absolute Gasteiger partial charge is 0.462 e. The maximum atomic E-state index is 11.9. The summed E-state index contributed by atoms with van der Waals surface area (Å²) in [5.74, 6) is 1.68. The average molecular weight is 346 g/mol. The van der Waals surface area contributed by atoms with Crippen molar-refractivity contribution in [3.8, 4) is 0 Å². The topological polar surface area (TPSA) is 63.6 Å². The minimum Gasteiger partial charge on any atom is -0.462 e. The summed E-state index contributed by atoms with van der Waals surface area (Å²) in [4.78, 5) is 23.4. The van der Waals surface area contributed by atoms with E-state index in [0.717, 1.165) is 44.9 Å². The van der Waals surface area contributed by atoms with Crippen molar-refractivity contribution in [1.29, 1.82) is 0 Å². The molecule has 0 aromatic carbocycles. The van der Waals surface area contributed by atoms with Gasteiger partial charge in [0.1, 0.15) is 6.10 Å². The Bertz CT molecular complexity index is 623. The predicted octanol–water partition coefficient (Wildman–Crippen LogP) is 3.42. The number of aliphatic hydroxyl groups is 1. The summed E-state index contributed by atoms with van der Waals surface area (Å²) in [5.41, 5.74) is 1.12. The molecule has 6 atom stereocenters. The van der Waals surface area contributed by atoms with E-state index in [0.29, 0.717) is 24.2 Å². The molecule has 1 unspecified atom stereocenters. The fourth-order valence-electron chi connectivity index (χ4n) is 7.00. The Morgan fingerprint density at radius 2 is 2.00 bits per heavy atom. The number of ether oxygens (including phenoxy) is 1. The van der Waals surface area contributed by atoms with E-state index >= 15 is 0 Å². The molecule has 0 aliphatic heterocycles. The van der Waals surface area contributed by atoms with E-state index < -0.39 is 0 Å². The van der Waals surface area contributed by atoms with Crippen LogP contribution in [0.1, 0.15) is 65.2 Å². The van der Waals surface area contributed by atoms with Crippen LogP contribution in [0.5, 0.6) is 0 Å². The Kier molecular flexibility index (Phi) is 4.10. The maximum Gasteiger partial charge on any atom is 0.302 e. The molecule has 0 bridgehead atoms. The van der Waals surface area contributed by atoms with Gasteiger partial charge in [-0.3, -0.25) is 9.59 Å². The summed E-state index contributed by atoms with van der Waals surface area (Å²) >= 11 is 0. The van der Waals surface area contributed by atoms with Crippen molar-refractivity contribution >= 4 is 11.8 Å². The lowest BCUT2D eigenvalue weighted by Gasteiger charge is -2.58. The summed E-state index contributed by atoms with van der Waals surface area (Å²) < 4.78 is 5.69. The number of carbonyl (C=O) groups is 2. The molecular formula is C21H30O4. The van der Waals surface area contributed by atoms with Crippen LogP contribution < -0.4 is 0 Å². The summed E-state index contributed by atoms with van der Waals surface area (Å²) in [5, 5.41) is 10.4. The van der Waals surface area contributed by atoms with Gasteiger partial charge in [-0.15, -0.1) is 0 Å². The van der Waals surface area contributed by atoms with Crippen molar-refractivity contribution in [3.05, 3.63) is 11.6 Å². The third-order valence-corrected chi connectivity index (χ3v) is 8.19. The Labute approximate surface area is 150 Å². The molecular weight excluding hydrogens is 316 g/mol. The normalized spacial score (nSPS) is 45.9. The SMILES string of the molecule is CC(=O)OC1CC[C@H]2[C@@H]3CCC4=CC(=O)CC[C@]4(CO)[C@H]3CC[C@]12C. The smallest absolute Gasteiger partial charge is 0.302 e. The predicted molar refractivity (Wildman–Crippen MR) is 93.7 cm³/mol. The second-order valence-corrected chi connectivity index (χ2v) is 9.09. The van der Waals surface area contributed by atoms with Crippen LogP contribution in [0.25, 0.3) is 0 Å². The highest BCUT2D eigenvalue weighted by Gasteiger charge is 2.60. The monoisotopic (exact) mass is 346 g/mol. The number of esters is 1. The molecule has 1 N–H and O–H groups in total. The highest BCUT2D eigenvalue weighted by Crippen LogP contribution is 2.65. The van der Waals surface area contributed by atoms with Gasteiger partial charge in [-0.1, -0.05) is 12.5 Å². The molecule has 0 saturated heterocycles. The number of ketones is 1. The van der Waals surface area contributed by atoms with E-state index in [-0.39, 0.29) is 35.3 Å². The van der Waals surface area contributed by atoms with E-state index in [1.54, 1.807) is 0 Å². The van der Waals surface area contributed by atoms with E-state index in [1.807, 2.05) is 6.08 Å². The van der Waals surface area contributed by atoms with Gasteiger partial charge in [0.05, 0.1) is 6.61 Å². The third kappa shape index (κ3) is 2.43.